The molecule has 1 atom stereocenters. The zero-order chi connectivity index (χ0) is 12.1. The lowest BCUT2D eigenvalue weighted by atomic mass is 9.98. The normalized spacial score (nSPS) is 20.5. The van der Waals surface area contributed by atoms with E-state index in [0.717, 1.165) is 18.9 Å². The maximum atomic E-state index is 4.47. The van der Waals surface area contributed by atoms with Crippen LogP contribution in [-0.2, 0) is 0 Å². The van der Waals surface area contributed by atoms with Crippen LogP contribution in [0.15, 0.2) is 18.3 Å². The van der Waals surface area contributed by atoms with Gasteiger partial charge in [0.2, 0.25) is 0 Å². The van der Waals surface area contributed by atoms with Crippen LogP contribution >= 0.6 is 0 Å². The van der Waals surface area contributed by atoms with Crippen molar-refractivity contribution < 1.29 is 0 Å². The van der Waals surface area contributed by atoms with Crippen LogP contribution in [0.1, 0.15) is 44.7 Å². The highest BCUT2D eigenvalue weighted by atomic mass is 15.0. The van der Waals surface area contributed by atoms with E-state index in [0.29, 0.717) is 12.0 Å². The van der Waals surface area contributed by atoms with Crippen LogP contribution in [0.5, 0.6) is 0 Å². The Morgan fingerprint density at radius 2 is 2.35 bits per heavy atom. The summed E-state index contributed by atoms with van der Waals surface area (Å²) in [6, 6.07) is 4.71. The zero-order valence-electron chi connectivity index (χ0n) is 10.9. The fraction of sp³-hybridized carbons (Fsp3) is 0.643. The predicted molar refractivity (Wildman–Crippen MR) is 72.2 cm³/mol. The second kappa shape index (κ2) is 6.01. The van der Waals surface area contributed by atoms with Gasteiger partial charge < -0.3 is 10.6 Å². The molecule has 2 N–H and O–H groups in total. The van der Waals surface area contributed by atoms with Gasteiger partial charge in [-0.2, -0.15) is 0 Å². The minimum atomic E-state index is 0.479. The molecule has 1 aliphatic rings. The third-order valence-corrected chi connectivity index (χ3v) is 3.20. The number of piperidine rings is 1. The van der Waals surface area contributed by atoms with Crippen LogP contribution in [0.2, 0.25) is 0 Å². The molecule has 0 saturated carbocycles. The Labute approximate surface area is 104 Å². The lowest BCUT2D eigenvalue weighted by molar-refractivity contribution is 0.412. The van der Waals surface area contributed by atoms with E-state index >= 15 is 0 Å². The Hall–Kier alpha value is -1.09. The van der Waals surface area contributed by atoms with Gasteiger partial charge in [-0.15, -0.1) is 0 Å². The average molecular weight is 233 g/mol. The standard InChI is InChI=1S/C14H23N3/c1-11(2)10-17-14-12(6-5-9-16-14)13-7-3-4-8-15-13/h5-6,9,11,13,15H,3-4,7-8,10H2,1-2H3,(H,16,17). The molecule has 94 valence electrons. The third-order valence-electron chi connectivity index (χ3n) is 3.20. The molecule has 1 saturated heterocycles. The van der Waals surface area contributed by atoms with E-state index in [4.69, 9.17) is 0 Å². The first-order chi connectivity index (χ1) is 8.27. The predicted octanol–water partition coefficient (Wildman–Crippen LogP) is 2.96. The maximum Gasteiger partial charge on any atom is 0.130 e. The molecule has 1 unspecified atom stereocenters. The van der Waals surface area contributed by atoms with Gasteiger partial charge in [0.15, 0.2) is 0 Å². The van der Waals surface area contributed by atoms with Crippen molar-refractivity contribution in [3.63, 3.8) is 0 Å². The van der Waals surface area contributed by atoms with Gasteiger partial charge in [0.25, 0.3) is 0 Å². The molecule has 1 fully saturated rings. The summed E-state index contributed by atoms with van der Waals surface area (Å²) in [5.74, 6) is 1.70. The minimum Gasteiger partial charge on any atom is -0.370 e. The fourth-order valence-corrected chi connectivity index (χ4v) is 2.26. The van der Waals surface area contributed by atoms with E-state index < -0.39 is 0 Å². The van der Waals surface area contributed by atoms with Crippen LogP contribution in [0.25, 0.3) is 0 Å². The van der Waals surface area contributed by atoms with Crippen molar-refractivity contribution in [2.24, 2.45) is 5.92 Å². The van der Waals surface area contributed by atoms with Gasteiger partial charge in [-0.25, -0.2) is 4.98 Å². The second-order valence-electron chi connectivity index (χ2n) is 5.22. The first kappa shape index (κ1) is 12.4. The van der Waals surface area contributed by atoms with Gasteiger partial charge in [0, 0.05) is 24.3 Å². The van der Waals surface area contributed by atoms with E-state index in [9.17, 15) is 0 Å². The Kier molecular flexibility index (Phi) is 4.37. The molecule has 0 bridgehead atoms. The largest absolute Gasteiger partial charge is 0.370 e. The molecule has 0 radical (unpaired) electrons. The molecule has 0 aromatic carbocycles. The molecule has 3 heteroatoms. The van der Waals surface area contributed by atoms with Crippen molar-refractivity contribution in [1.29, 1.82) is 0 Å². The Balaban J connectivity index is 2.09. The van der Waals surface area contributed by atoms with Crippen LogP contribution in [0.4, 0.5) is 5.82 Å². The number of nitrogens with zero attached hydrogens (tertiary/aromatic N) is 1. The van der Waals surface area contributed by atoms with Crippen LogP contribution < -0.4 is 10.6 Å². The van der Waals surface area contributed by atoms with Crippen molar-refractivity contribution in [3.05, 3.63) is 23.9 Å². The van der Waals surface area contributed by atoms with Crippen LogP contribution in [0.3, 0.4) is 0 Å². The van der Waals surface area contributed by atoms with E-state index in [1.54, 1.807) is 0 Å². The highest BCUT2D eigenvalue weighted by molar-refractivity contribution is 5.45. The van der Waals surface area contributed by atoms with Gasteiger partial charge in [-0.05, 0) is 31.4 Å². The summed E-state index contributed by atoms with van der Waals surface area (Å²) in [6.45, 7) is 6.54. The fourth-order valence-electron chi connectivity index (χ4n) is 2.26. The Bertz CT molecular complexity index is 343. The third kappa shape index (κ3) is 3.43. The molecule has 1 aromatic rings. The molecule has 1 aliphatic heterocycles. The molecule has 2 rings (SSSR count). The zero-order valence-corrected chi connectivity index (χ0v) is 10.9. The van der Waals surface area contributed by atoms with E-state index in [2.05, 4.69) is 35.5 Å². The topological polar surface area (TPSA) is 37.0 Å². The van der Waals surface area contributed by atoms with E-state index in [1.807, 2.05) is 12.3 Å². The maximum absolute atomic E-state index is 4.47. The average Bonchev–Trinajstić information content (AvgIpc) is 2.38. The second-order valence-corrected chi connectivity index (χ2v) is 5.22. The summed E-state index contributed by atoms with van der Waals surface area (Å²) in [6.07, 6.45) is 5.71. The van der Waals surface area contributed by atoms with E-state index in [1.165, 1.54) is 24.8 Å². The molecule has 1 aromatic heterocycles. The van der Waals surface area contributed by atoms with Gasteiger partial charge in [0.1, 0.15) is 5.82 Å². The minimum absolute atomic E-state index is 0.479. The number of hydrogen-bond donors (Lipinski definition) is 2. The molecular weight excluding hydrogens is 210 g/mol. The monoisotopic (exact) mass is 233 g/mol. The highest BCUT2D eigenvalue weighted by Gasteiger charge is 2.18. The number of rotatable bonds is 4. The van der Waals surface area contributed by atoms with Crippen molar-refractivity contribution in [2.45, 2.75) is 39.2 Å². The molecule has 0 amide bonds. The van der Waals surface area contributed by atoms with Gasteiger partial charge in [-0.1, -0.05) is 26.3 Å². The summed E-state index contributed by atoms with van der Waals surface area (Å²) in [7, 11) is 0. The van der Waals surface area contributed by atoms with Gasteiger partial charge >= 0.3 is 0 Å². The van der Waals surface area contributed by atoms with Crippen molar-refractivity contribution in [1.82, 2.24) is 10.3 Å². The molecule has 3 nitrogen and oxygen atoms in total. The van der Waals surface area contributed by atoms with Gasteiger partial charge in [-0.3, -0.25) is 0 Å². The van der Waals surface area contributed by atoms with Crippen molar-refractivity contribution in [2.75, 3.05) is 18.4 Å². The lowest BCUT2D eigenvalue weighted by Gasteiger charge is -2.25. The molecular formula is C14H23N3. The number of anilines is 1. The highest BCUT2D eigenvalue weighted by Crippen LogP contribution is 2.27. The summed E-state index contributed by atoms with van der Waals surface area (Å²) < 4.78 is 0. The molecule has 0 aliphatic carbocycles. The SMILES string of the molecule is CC(C)CNc1ncccc1C1CCCCN1. The first-order valence-corrected chi connectivity index (χ1v) is 6.69. The summed E-state index contributed by atoms with van der Waals surface area (Å²) in [4.78, 5) is 4.47. The Morgan fingerprint density at radius 3 is 3.06 bits per heavy atom. The number of nitrogens with one attached hydrogen (secondary N) is 2. The summed E-state index contributed by atoms with van der Waals surface area (Å²) >= 11 is 0. The molecule has 0 spiro atoms. The summed E-state index contributed by atoms with van der Waals surface area (Å²) in [5.41, 5.74) is 1.33. The number of aromatic nitrogens is 1. The number of pyridine rings is 1. The molecule has 2 heterocycles. The van der Waals surface area contributed by atoms with Crippen molar-refractivity contribution in [3.8, 4) is 0 Å². The first-order valence-electron chi connectivity index (χ1n) is 6.69. The van der Waals surface area contributed by atoms with Crippen LogP contribution in [0, 0.1) is 5.92 Å². The van der Waals surface area contributed by atoms with Gasteiger partial charge in [0.05, 0.1) is 0 Å². The lowest BCUT2D eigenvalue weighted by Crippen LogP contribution is -2.28. The number of hydrogen-bond acceptors (Lipinski definition) is 3. The smallest absolute Gasteiger partial charge is 0.130 e. The quantitative estimate of drug-likeness (QED) is 0.839. The summed E-state index contributed by atoms with van der Waals surface area (Å²) in [5, 5.41) is 7.04. The van der Waals surface area contributed by atoms with Crippen LogP contribution in [-0.4, -0.2) is 18.1 Å². The molecule has 17 heavy (non-hydrogen) atoms. The van der Waals surface area contributed by atoms with E-state index in [-0.39, 0.29) is 0 Å². The van der Waals surface area contributed by atoms with Crippen molar-refractivity contribution >= 4 is 5.82 Å². The Morgan fingerprint density at radius 1 is 1.47 bits per heavy atom.